The van der Waals surface area contributed by atoms with Crippen LogP contribution in [0.25, 0.3) is 5.69 Å². The van der Waals surface area contributed by atoms with Gasteiger partial charge in [0.15, 0.2) is 16.7 Å². The first-order valence-corrected chi connectivity index (χ1v) is 13.1. The second kappa shape index (κ2) is 12.3. The minimum atomic E-state index is -0.547. The summed E-state index contributed by atoms with van der Waals surface area (Å²) < 4.78 is 13.7. The molecule has 1 atom stereocenters. The number of benzene rings is 3. The lowest BCUT2D eigenvalue weighted by molar-refractivity contribution is -0.479. The zero-order chi connectivity index (χ0) is 26.4. The molecule has 3 aromatic carbocycles. The van der Waals surface area contributed by atoms with Gasteiger partial charge in [0.25, 0.3) is 0 Å². The van der Waals surface area contributed by atoms with Crippen LogP contribution >= 0.6 is 35.0 Å². The number of halogens is 2. The number of thioether (sulfide) groups is 1. The van der Waals surface area contributed by atoms with E-state index in [0.717, 1.165) is 11.3 Å². The van der Waals surface area contributed by atoms with Crippen molar-refractivity contribution in [2.45, 2.75) is 30.9 Å². The maximum Gasteiger partial charge on any atom is 0.220 e. The number of aromatic nitrogens is 3. The third-order valence-corrected chi connectivity index (χ3v) is 7.07. The fourth-order valence-corrected chi connectivity index (χ4v) is 5.05. The molecule has 0 fully saturated rings. The number of rotatable bonds is 11. The molecule has 0 aliphatic rings. The Bertz CT molecular complexity index is 1360. The lowest BCUT2D eigenvalue weighted by Gasteiger charge is -2.17. The molecule has 0 spiro atoms. The molecule has 0 saturated carbocycles. The molecule has 192 valence electrons. The van der Waals surface area contributed by atoms with Crippen molar-refractivity contribution in [2.75, 3.05) is 13.2 Å². The first kappa shape index (κ1) is 26.8. The normalized spacial score (nSPS) is 11.8. The van der Waals surface area contributed by atoms with Gasteiger partial charge < -0.3 is 9.47 Å². The van der Waals surface area contributed by atoms with E-state index in [9.17, 15) is 10.1 Å². The number of ether oxygens (including phenoxy) is 2. The van der Waals surface area contributed by atoms with E-state index in [4.69, 9.17) is 32.7 Å². The third kappa shape index (κ3) is 6.94. The molecule has 0 unspecified atom stereocenters. The molecule has 4 rings (SSSR count). The van der Waals surface area contributed by atoms with E-state index in [0.29, 0.717) is 51.3 Å². The first-order chi connectivity index (χ1) is 17.8. The molecule has 37 heavy (non-hydrogen) atoms. The Hall–Kier alpha value is -3.27. The van der Waals surface area contributed by atoms with Crippen LogP contribution in [0.1, 0.15) is 29.1 Å². The number of hydrogen-bond donors (Lipinski definition) is 0. The third-order valence-electron chi connectivity index (χ3n) is 5.39. The Morgan fingerprint density at radius 1 is 0.973 bits per heavy atom. The maximum atomic E-state index is 11.6. The monoisotopic (exact) mass is 558 g/mol. The van der Waals surface area contributed by atoms with Crippen molar-refractivity contribution in [3.05, 3.63) is 104 Å². The summed E-state index contributed by atoms with van der Waals surface area (Å²) in [6.07, 6.45) is 0. The SMILES string of the molecule is CCOc1cc([C@@H](C[N+](=O)[O-])Sc2nnc(C)n2-c2ccc(Cl)cc2)ccc1OCc1ccc(Cl)cc1. The zero-order valence-corrected chi connectivity index (χ0v) is 22.5. The van der Waals surface area contributed by atoms with Gasteiger partial charge in [-0.3, -0.25) is 14.7 Å². The molecule has 0 aliphatic heterocycles. The van der Waals surface area contributed by atoms with E-state index in [1.54, 1.807) is 36.4 Å². The molecule has 4 aromatic rings. The highest BCUT2D eigenvalue weighted by molar-refractivity contribution is 7.99. The predicted octanol–water partition coefficient (Wildman–Crippen LogP) is 6.97. The molecule has 11 heteroatoms. The van der Waals surface area contributed by atoms with Crippen LogP contribution in [0.5, 0.6) is 11.5 Å². The minimum absolute atomic E-state index is 0.312. The number of hydrogen-bond acceptors (Lipinski definition) is 7. The van der Waals surface area contributed by atoms with Crippen LogP contribution in [-0.4, -0.2) is 32.8 Å². The average Bonchev–Trinajstić information content (AvgIpc) is 3.24. The van der Waals surface area contributed by atoms with Crippen molar-refractivity contribution in [1.29, 1.82) is 0 Å². The van der Waals surface area contributed by atoms with Gasteiger partial charge in [-0.05, 0) is 73.5 Å². The molecule has 1 aromatic heterocycles. The smallest absolute Gasteiger partial charge is 0.220 e. The number of nitro groups is 1. The summed E-state index contributed by atoms with van der Waals surface area (Å²) in [5.41, 5.74) is 2.48. The van der Waals surface area contributed by atoms with Crippen molar-refractivity contribution >= 4 is 35.0 Å². The van der Waals surface area contributed by atoms with Crippen molar-refractivity contribution in [3.8, 4) is 17.2 Å². The quantitative estimate of drug-likeness (QED) is 0.111. The lowest BCUT2D eigenvalue weighted by atomic mass is 10.1. The van der Waals surface area contributed by atoms with Gasteiger partial charge in [0.05, 0.1) is 6.61 Å². The van der Waals surface area contributed by atoms with E-state index >= 15 is 0 Å². The highest BCUT2D eigenvalue weighted by Crippen LogP contribution is 2.40. The summed E-state index contributed by atoms with van der Waals surface area (Å²) in [6.45, 7) is 4.13. The van der Waals surface area contributed by atoms with E-state index in [1.807, 2.05) is 48.7 Å². The van der Waals surface area contributed by atoms with Gasteiger partial charge in [-0.1, -0.05) is 53.2 Å². The fraction of sp³-hybridized carbons (Fsp3) is 0.231. The summed E-state index contributed by atoms with van der Waals surface area (Å²) in [5, 5.41) is 21.3. The Labute approximate surface area is 228 Å². The van der Waals surface area contributed by atoms with Crippen molar-refractivity contribution in [1.82, 2.24) is 14.8 Å². The number of aryl methyl sites for hydroxylation is 1. The van der Waals surface area contributed by atoms with E-state index < -0.39 is 5.25 Å². The highest BCUT2D eigenvalue weighted by atomic mass is 35.5. The predicted molar refractivity (Wildman–Crippen MR) is 145 cm³/mol. The van der Waals surface area contributed by atoms with Crippen LogP contribution < -0.4 is 9.47 Å². The second-order valence-electron chi connectivity index (χ2n) is 8.02. The van der Waals surface area contributed by atoms with Crippen molar-refractivity contribution in [2.24, 2.45) is 0 Å². The summed E-state index contributed by atoms with van der Waals surface area (Å²) >= 11 is 13.3. The minimum Gasteiger partial charge on any atom is -0.490 e. The lowest BCUT2D eigenvalue weighted by Crippen LogP contribution is -2.11. The Morgan fingerprint density at radius 3 is 2.30 bits per heavy atom. The summed E-state index contributed by atoms with van der Waals surface area (Å²) in [4.78, 5) is 11.3. The van der Waals surface area contributed by atoms with E-state index in [-0.39, 0.29) is 11.5 Å². The molecule has 8 nitrogen and oxygen atoms in total. The van der Waals surface area contributed by atoms with Crippen LogP contribution in [0.3, 0.4) is 0 Å². The molecular formula is C26H24Cl2N4O4S. The first-order valence-electron chi connectivity index (χ1n) is 11.4. The Balaban J connectivity index is 1.61. The molecule has 0 saturated heterocycles. The topological polar surface area (TPSA) is 92.3 Å². The van der Waals surface area contributed by atoms with Crippen molar-refractivity contribution < 1.29 is 14.4 Å². The van der Waals surface area contributed by atoms with Crippen LogP contribution in [0.15, 0.2) is 71.9 Å². The highest BCUT2D eigenvalue weighted by Gasteiger charge is 2.25. The molecule has 0 aliphatic carbocycles. The van der Waals surface area contributed by atoms with Gasteiger partial charge in [-0.25, -0.2) is 0 Å². The van der Waals surface area contributed by atoms with Gasteiger partial charge in [0.2, 0.25) is 6.54 Å². The Morgan fingerprint density at radius 2 is 1.65 bits per heavy atom. The summed E-state index contributed by atoms with van der Waals surface area (Å²) in [6, 6.07) is 20.0. The summed E-state index contributed by atoms with van der Waals surface area (Å²) in [7, 11) is 0. The van der Waals surface area contributed by atoms with Crippen LogP contribution in [0.2, 0.25) is 10.0 Å². The van der Waals surface area contributed by atoms with Gasteiger partial charge in [0, 0.05) is 20.7 Å². The zero-order valence-electron chi connectivity index (χ0n) is 20.1. The molecule has 0 amide bonds. The fourth-order valence-electron chi connectivity index (χ4n) is 3.63. The largest absolute Gasteiger partial charge is 0.490 e. The van der Waals surface area contributed by atoms with Crippen molar-refractivity contribution in [3.63, 3.8) is 0 Å². The molecule has 0 radical (unpaired) electrons. The molecular weight excluding hydrogens is 535 g/mol. The van der Waals surface area contributed by atoms with Crippen LogP contribution in [-0.2, 0) is 6.61 Å². The van der Waals surface area contributed by atoms with E-state index in [2.05, 4.69) is 10.2 Å². The molecule has 1 heterocycles. The second-order valence-corrected chi connectivity index (χ2v) is 10.1. The van der Waals surface area contributed by atoms with Gasteiger partial charge >= 0.3 is 0 Å². The molecule has 0 bridgehead atoms. The average molecular weight is 559 g/mol. The Kier molecular flexibility index (Phi) is 8.91. The van der Waals surface area contributed by atoms with Gasteiger partial charge in [0.1, 0.15) is 17.7 Å². The summed E-state index contributed by atoms with van der Waals surface area (Å²) in [5.74, 6) is 1.72. The van der Waals surface area contributed by atoms with Gasteiger partial charge in [-0.15, -0.1) is 10.2 Å². The van der Waals surface area contributed by atoms with Crippen LogP contribution in [0.4, 0.5) is 0 Å². The number of nitrogens with zero attached hydrogens (tertiary/aromatic N) is 4. The standard InChI is InChI=1S/C26H24Cl2N4O4S/c1-3-35-24-14-19(6-13-23(24)36-16-18-4-7-20(27)8-5-18)25(15-31(33)34)37-26-30-29-17(2)32(26)22-11-9-21(28)10-12-22/h4-14,25H,3,15-16H2,1-2H3/t25-/m1/s1. The van der Waals surface area contributed by atoms with E-state index in [1.165, 1.54) is 11.8 Å². The van der Waals surface area contributed by atoms with Gasteiger partial charge in [-0.2, -0.15) is 0 Å². The molecule has 0 N–H and O–H groups in total. The van der Waals surface area contributed by atoms with Crippen LogP contribution in [0, 0.1) is 17.0 Å². The maximum absolute atomic E-state index is 11.6.